The Morgan fingerprint density at radius 2 is 1.54 bits per heavy atom. The van der Waals surface area contributed by atoms with Gasteiger partial charge in [-0.15, -0.1) is 0 Å². The van der Waals surface area contributed by atoms with Gasteiger partial charge in [0.05, 0.1) is 11.1 Å². The molecule has 0 aliphatic carbocycles. The molecule has 0 radical (unpaired) electrons. The molecular weight excluding hydrogens is 312 g/mol. The van der Waals surface area contributed by atoms with Crippen LogP contribution in [-0.2, 0) is 4.79 Å². The number of carboxylic acid groups (broad SMARTS) is 2. The highest BCUT2D eigenvalue weighted by Crippen LogP contribution is 2.04. The zero-order chi connectivity index (χ0) is 18.4. The molecule has 0 saturated carbocycles. The van der Waals surface area contributed by atoms with Gasteiger partial charge in [-0.2, -0.15) is 0 Å². The summed E-state index contributed by atoms with van der Waals surface area (Å²) in [6.45, 7) is 4.42. The molecule has 1 aromatic rings. The van der Waals surface area contributed by atoms with E-state index in [1.807, 2.05) is 6.92 Å². The first-order chi connectivity index (χ1) is 11.4. The van der Waals surface area contributed by atoms with Crippen LogP contribution < -0.4 is 11.1 Å². The number of hydrogen-bond acceptors (Lipinski definition) is 4. The van der Waals surface area contributed by atoms with E-state index in [1.54, 1.807) is 0 Å². The molecule has 0 spiro atoms. The van der Waals surface area contributed by atoms with Gasteiger partial charge in [0.15, 0.2) is 0 Å². The van der Waals surface area contributed by atoms with Crippen LogP contribution >= 0.6 is 0 Å². The third-order valence-electron chi connectivity index (χ3n) is 3.06. The molecule has 1 heterocycles. The Bertz CT molecular complexity index is 487. The summed E-state index contributed by atoms with van der Waals surface area (Å²) in [5.74, 6) is -2.46. The van der Waals surface area contributed by atoms with E-state index in [0.717, 1.165) is 12.5 Å². The lowest BCUT2D eigenvalue weighted by atomic mass is 10.1. The van der Waals surface area contributed by atoms with E-state index < -0.39 is 11.9 Å². The summed E-state index contributed by atoms with van der Waals surface area (Å²) in [6.07, 6.45) is 5.59. The van der Waals surface area contributed by atoms with Crippen LogP contribution in [0.3, 0.4) is 0 Å². The minimum atomic E-state index is -1.13. The third kappa shape index (κ3) is 11.2. The van der Waals surface area contributed by atoms with Crippen LogP contribution in [0.5, 0.6) is 0 Å². The number of carbonyl (C=O) groups is 3. The number of piperidine rings is 1. The number of carbonyl (C=O) groups excluding carboxylic acids is 1. The Kier molecular flexibility index (Phi) is 11.8. The highest BCUT2D eigenvalue weighted by molar-refractivity contribution is 5.93. The number of amides is 1. The van der Waals surface area contributed by atoms with E-state index >= 15 is 0 Å². The summed E-state index contributed by atoms with van der Waals surface area (Å²) >= 11 is 0. The quantitative estimate of drug-likeness (QED) is 0.665. The van der Waals surface area contributed by atoms with Crippen molar-refractivity contribution in [3.8, 4) is 0 Å². The fourth-order valence-electron chi connectivity index (χ4n) is 1.83. The van der Waals surface area contributed by atoms with E-state index in [9.17, 15) is 14.4 Å². The van der Waals surface area contributed by atoms with Crippen molar-refractivity contribution in [3.05, 3.63) is 35.4 Å². The van der Waals surface area contributed by atoms with Gasteiger partial charge in [-0.05, 0) is 50.6 Å². The molecule has 1 aliphatic heterocycles. The SMILES string of the molecule is C1CCNCC1.CCCC(N)=O.O=C(O)c1cccc(C(=O)O)c1. The van der Waals surface area contributed by atoms with Crippen LogP contribution in [0.25, 0.3) is 0 Å². The standard InChI is InChI=1S/C8H6O4.C5H11N.C4H9NO/c9-7(10)5-2-1-3-6(4-5)8(11)12;1-2-4-6-5-3-1;1-2-3-4(5)6/h1-4H,(H,9,10)(H,11,12);6H,1-5H2;2-3H2,1H3,(H2,5,6). The molecular formula is C17H26N2O5. The van der Waals surface area contributed by atoms with Crippen LogP contribution in [0, 0.1) is 0 Å². The topological polar surface area (TPSA) is 130 Å². The first-order valence-corrected chi connectivity index (χ1v) is 7.94. The number of benzene rings is 1. The molecule has 1 saturated heterocycles. The molecule has 0 unspecified atom stereocenters. The number of primary amides is 1. The lowest BCUT2D eigenvalue weighted by Crippen LogP contribution is -2.21. The molecule has 1 aliphatic rings. The van der Waals surface area contributed by atoms with E-state index in [-0.39, 0.29) is 17.0 Å². The van der Waals surface area contributed by atoms with Crippen molar-refractivity contribution in [2.75, 3.05) is 13.1 Å². The van der Waals surface area contributed by atoms with E-state index in [2.05, 4.69) is 5.32 Å². The number of aromatic carboxylic acids is 2. The average Bonchev–Trinajstić information content (AvgIpc) is 2.57. The fourth-order valence-corrected chi connectivity index (χ4v) is 1.83. The summed E-state index contributed by atoms with van der Waals surface area (Å²) in [7, 11) is 0. The van der Waals surface area contributed by atoms with Crippen molar-refractivity contribution >= 4 is 17.8 Å². The maximum absolute atomic E-state index is 10.4. The first kappa shape index (κ1) is 21.6. The molecule has 1 amide bonds. The third-order valence-corrected chi connectivity index (χ3v) is 3.06. The normalized spacial score (nSPS) is 12.7. The molecule has 0 aromatic heterocycles. The lowest BCUT2D eigenvalue weighted by Gasteiger charge is -2.08. The molecule has 7 nitrogen and oxygen atoms in total. The van der Waals surface area contributed by atoms with Crippen LogP contribution in [0.15, 0.2) is 24.3 Å². The Labute approximate surface area is 141 Å². The van der Waals surface area contributed by atoms with Gasteiger partial charge in [-0.25, -0.2) is 9.59 Å². The van der Waals surface area contributed by atoms with Crippen molar-refractivity contribution in [2.45, 2.75) is 39.0 Å². The van der Waals surface area contributed by atoms with Crippen molar-refractivity contribution in [3.63, 3.8) is 0 Å². The number of carboxylic acids is 2. The second-order valence-electron chi connectivity index (χ2n) is 5.22. The molecule has 134 valence electrons. The second kappa shape index (κ2) is 13.1. The van der Waals surface area contributed by atoms with Crippen molar-refractivity contribution in [1.82, 2.24) is 5.32 Å². The summed E-state index contributed by atoms with van der Waals surface area (Å²) in [5.41, 5.74) is 4.73. The van der Waals surface area contributed by atoms with Gasteiger partial charge >= 0.3 is 11.9 Å². The first-order valence-electron chi connectivity index (χ1n) is 7.94. The zero-order valence-electron chi connectivity index (χ0n) is 14.0. The van der Waals surface area contributed by atoms with Gasteiger partial charge in [0, 0.05) is 6.42 Å². The van der Waals surface area contributed by atoms with E-state index in [1.165, 1.54) is 50.6 Å². The van der Waals surface area contributed by atoms with Gasteiger partial charge in [-0.3, -0.25) is 4.79 Å². The Morgan fingerprint density at radius 1 is 1.04 bits per heavy atom. The number of hydrogen-bond donors (Lipinski definition) is 4. The monoisotopic (exact) mass is 338 g/mol. The van der Waals surface area contributed by atoms with Gasteiger partial charge in [0.25, 0.3) is 0 Å². The summed E-state index contributed by atoms with van der Waals surface area (Å²) < 4.78 is 0. The maximum atomic E-state index is 10.4. The minimum Gasteiger partial charge on any atom is -0.478 e. The number of nitrogens with two attached hydrogens (primary N) is 1. The Morgan fingerprint density at radius 3 is 1.75 bits per heavy atom. The molecule has 5 N–H and O–H groups in total. The molecule has 0 atom stereocenters. The predicted molar refractivity (Wildman–Crippen MR) is 91.2 cm³/mol. The molecule has 1 aromatic carbocycles. The molecule has 7 heteroatoms. The molecule has 1 fully saturated rings. The summed E-state index contributed by atoms with van der Waals surface area (Å²) in [6, 6.07) is 5.20. The smallest absolute Gasteiger partial charge is 0.335 e. The van der Waals surface area contributed by atoms with Gasteiger partial charge < -0.3 is 21.3 Å². The molecule has 2 rings (SSSR count). The molecule has 24 heavy (non-hydrogen) atoms. The van der Waals surface area contributed by atoms with Crippen LogP contribution in [0.2, 0.25) is 0 Å². The van der Waals surface area contributed by atoms with Gasteiger partial charge in [0.1, 0.15) is 0 Å². The van der Waals surface area contributed by atoms with Crippen molar-refractivity contribution < 1.29 is 24.6 Å². The van der Waals surface area contributed by atoms with E-state index in [0.29, 0.717) is 6.42 Å². The second-order valence-corrected chi connectivity index (χ2v) is 5.22. The summed E-state index contributed by atoms with van der Waals surface area (Å²) in [4.78, 5) is 30.6. The average molecular weight is 338 g/mol. The zero-order valence-corrected chi connectivity index (χ0v) is 14.0. The van der Waals surface area contributed by atoms with Crippen LogP contribution in [-0.4, -0.2) is 41.1 Å². The Hall–Kier alpha value is -2.41. The highest BCUT2D eigenvalue weighted by Gasteiger charge is 2.06. The van der Waals surface area contributed by atoms with Crippen LogP contribution in [0.1, 0.15) is 59.7 Å². The Balaban J connectivity index is 0.000000371. The minimum absolute atomic E-state index is 0.0186. The maximum Gasteiger partial charge on any atom is 0.335 e. The van der Waals surface area contributed by atoms with Crippen molar-refractivity contribution in [1.29, 1.82) is 0 Å². The largest absolute Gasteiger partial charge is 0.478 e. The van der Waals surface area contributed by atoms with Crippen molar-refractivity contribution in [2.24, 2.45) is 5.73 Å². The number of rotatable bonds is 4. The van der Waals surface area contributed by atoms with E-state index in [4.69, 9.17) is 15.9 Å². The summed E-state index contributed by atoms with van der Waals surface area (Å²) in [5, 5.41) is 20.3. The predicted octanol–water partition coefficient (Wildman–Crippen LogP) is 2.11. The fraction of sp³-hybridized carbons (Fsp3) is 0.471. The van der Waals surface area contributed by atoms with Gasteiger partial charge in [-0.1, -0.05) is 19.4 Å². The molecule has 0 bridgehead atoms. The highest BCUT2D eigenvalue weighted by atomic mass is 16.4. The van der Waals surface area contributed by atoms with Gasteiger partial charge in [0.2, 0.25) is 5.91 Å². The number of nitrogens with one attached hydrogen (secondary N) is 1. The lowest BCUT2D eigenvalue weighted by molar-refractivity contribution is -0.118. The van der Waals surface area contributed by atoms with Crippen LogP contribution in [0.4, 0.5) is 0 Å².